The van der Waals surface area contributed by atoms with Crippen LogP contribution in [0.25, 0.3) is 0 Å². The van der Waals surface area contributed by atoms with Gasteiger partial charge in [-0.15, -0.1) is 0 Å². The predicted molar refractivity (Wildman–Crippen MR) is 85.9 cm³/mol. The Balaban J connectivity index is 1.92. The number of carbonyl (C=O) groups is 2. The van der Waals surface area contributed by atoms with Crippen molar-refractivity contribution in [2.24, 2.45) is 11.8 Å². The van der Waals surface area contributed by atoms with Gasteiger partial charge in [-0.2, -0.15) is 0 Å². The molecule has 0 bridgehead atoms. The standard InChI is InChI=1S/C19H20O4/c1-3-7-13-12-22-19(2)11-10-15(20)16(17(13)19)18(21)23-14-8-5-4-6-9-14/h4-11,16-17H,3,12H2,1-2H3/b13-7+/t16-,17?,19-/m1/s1. The van der Waals surface area contributed by atoms with Crippen LogP contribution in [0.4, 0.5) is 0 Å². The Bertz CT molecular complexity index is 674. The van der Waals surface area contributed by atoms with Crippen molar-refractivity contribution >= 4 is 11.8 Å². The van der Waals surface area contributed by atoms with Gasteiger partial charge >= 0.3 is 5.97 Å². The van der Waals surface area contributed by atoms with E-state index in [9.17, 15) is 9.59 Å². The molecule has 3 atom stereocenters. The number of hydrogen-bond acceptors (Lipinski definition) is 4. The van der Waals surface area contributed by atoms with Crippen LogP contribution in [0.2, 0.25) is 0 Å². The van der Waals surface area contributed by atoms with E-state index in [4.69, 9.17) is 9.47 Å². The van der Waals surface area contributed by atoms with Gasteiger partial charge in [-0.05, 0) is 43.2 Å². The highest BCUT2D eigenvalue weighted by atomic mass is 16.5. The SMILES string of the molecule is CC/C=C1\CO[C@]2(C)C=CC(=O)[C@@H](C(=O)Oc3ccccc3)C12. The third kappa shape index (κ3) is 2.86. The summed E-state index contributed by atoms with van der Waals surface area (Å²) < 4.78 is 11.3. The van der Waals surface area contributed by atoms with Gasteiger partial charge in [0.15, 0.2) is 5.78 Å². The molecule has 0 spiro atoms. The molecule has 0 aromatic heterocycles. The molecule has 3 rings (SSSR count). The number of ether oxygens (including phenoxy) is 2. The molecule has 1 heterocycles. The van der Waals surface area contributed by atoms with Gasteiger partial charge in [0.2, 0.25) is 0 Å². The average Bonchev–Trinajstić information content (AvgIpc) is 2.86. The van der Waals surface area contributed by atoms with Crippen molar-refractivity contribution in [3.63, 3.8) is 0 Å². The van der Waals surface area contributed by atoms with E-state index in [1.165, 1.54) is 6.08 Å². The molecule has 1 aliphatic carbocycles. The lowest BCUT2D eigenvalue weighted by molar-refractivity contribution is -0.147. The Hall–Kier alpha value is -2.20. The Morgan fingerprint density at radius 2 is 2.13 bits per heavy atom. The minimum Gasteiger partial charge on any atom is -0.426 e. The normalized spacial score (nSPS) is 31.2. The quantitative estimate of drug-likeness (QED) is 0.372. The number of carbonyl (C=O) groups excluding carboxylic acids is 2. The molecule has 1 aliphatic heterocycles. The molecular weight excluding hydrogens is 292 g/mol. The van der Waals surface area contributed by atoms with Crippen molar-refractivity contribution in [1.29, 1.82) is 0 Å². The van der Waals surface area contributed by atoms with Crippen molar-refractivity contribution < 1.29 is 19.1 Å². The van der Waals surface area contributed by atoms with Crippen LogP contribution >= 0.6 is 0 Å². The van der Waals surface area contributed by atoms with Crippen molar-refractivity contribution in [2.75, 3.05) is 6.61 Å². The van der Waals surface area contributed by atoms with Crippen LogP contribution in [0.1, 0.15) is 20.3 Å². The zero-order valence-electron chi connectivity index (χ0n) is 13.3. The van der Waals surface area contributed by atoms with Gasteiger partial charge in [0.05, 0.1) is 12.2 Å². The highest BCUT2D eigenvalue weighted by Gasteiger charge is 2.53. The summed E-state index contributed by atoms with van der Waals surface area (Å²) in [6.07, 6.45) is 6.10. The molecule has 1 aromatic rings. The van der Waals surface area contributed by atoms with E-state index in [2.05, 4.69) is 0 Å². The summed E-state index contributed by atoms with van der Waals surface area (Å²) in [4.78, 5) is 25.0. The van der Waals surface area contributed by atoms with Gasteiger partial charge in [0.1, 0.15) is 11.7 Å². The third-order valence-corrected chi connectivity index (χ3v) is 4.47. The van der Waals surface area contributed by atoms with Crippen LogP contribution in [0, 0.1) is 11.8 Å². The smallest absolute Gasteiger partial charge is 0.322 e. The van der Waals surface area contributed by atoms with Crippen LogP contribution in [0.15, 0.2) is 54.1 Å². The molecule has 2 aliphatic rings. The van der Waals surface area contributed by atoms with Crippen LogP contribution in [0.5, 0.6) is 5.75 Å². The largest absolute Gasteiger partial charge is 0.426 e. The topological polar surface area (TPSA) is 52.6 Å². The van der Waals surface area contributed by atoms with Crippen molar-refractivity contribution in [3.05, 3.63) is 54.1 Å². The molecule has 0 saturated carbocycles. The number of ketones is 1. The Morgan fingerprint density at radius 3 is 2.83 bits per heavy atom. The number of esters is 1. The van der Waals surface area contributed by atoms with E-state index in [0.717, 1.165) is 12.0 Å². The number of para-hydroxylation sites is 1. The molecule has 4 nitrogen and oxygen atoms in total. The second kappa shape index (κ2) is 6.13. The van der Waals surface area contributed by atoms with Gasteiger partial charge in [-0.25, -0.2) is 0 Å². The molecule has 1 unspecified atom stereocenters. The minimum atomic E-state index is -0.856. The summed E-state index contributed by atoms with van der Waals surface area (Å²) >= 11 is 0. The van der Waals surface area contributed by atoms with Gasteiger partial charge in [0.25, 0.3) is 0 Å². The maximum Gasteiger partial charge on any atom is 0.322 e. The number of fused-ring (bicyclic) bond motifs is 1. The lowest BCUT2D eigenvalue weighted by atomic mass is 9.71. The van der Waals surface area contributed by atoms with E-state index in [1.54, 1.807) is 30.3 Å². The predicted octanol–water partition coefficient (Wildman–Crippen LogP) is 3.09. The Kier molecular flexibility index (Phi) is 4.18. The maximum atomic E-state index is 12.7. The first-order valence-corrected chi connectivity index (χ1v) is 7.88. The maximum absolute atomic E-state index is 12.7. The highest BCUT2D eigenvalue weighted by Crippen LogP contribution is 2.45. The summed E-state index contributed by atoms with van der Waals surface area (Å²) in [6, 6.07) is 8.82. The highest BCUT2D eigenvalue weighted by molar-refractivity contribution is 6.07. The summed E-state index contributed by atoms with van der Waals surface area (Å²) in [5, 5.41) is 0. The van der Waals surface area contributed by atoms with Gasteiger partial charge in [-0.3, -0.25) is 9.59 Å². The molecule has 4 heteroatoms. The monoisotopic (exact) mass is 312 g/mol. The summed E-state index contributed by atoms with van der Waals surface area (Å²) in [7, 11) is 0. The fraction of sp³-hybridized carbons (Fsp3) is 0.368. The lowest BCUT2D eigenvalue weighted by Gasteiger charge is -2.34. The van der Waals surface area contributed by atoms with Gasteiger partial charge < -0.3 is 9.47 Å². The lowest BCUT2D eigenvalue weighted by Crippen LogP contribution is -2.46. The number of hydrogen-bond donors (Lipinski definition) is 0. The molecule has 120 valence electrons. The van der Waals surface area contributed by atoms with E-state index in [1.807, 2.05) is 26.0 Å². The first-order chi connectivity index (χ1) is 11.0. The second-order valence-electron chi connectivity index (χ2n) is 6.09. The second-order valence-corrected chi connectivity index (χ2v) is 6.09. The van der Waals surface area contributed by atoms with E-state index in [0.29, 0.717) is 12.4 Å². The molecular formula is C19H20O4. The summed E-state index contributed by atoms with van der Waals surface area (Å²) in [5.74, 6) is -1.45. The number of allylic oxidation sites excluding steroid dienone is 2. The van der Waals surface area contributed by atoms with Crippen molar-refractivity contribution in [1.82, 2.24) is 0 Å². The van der Waals surface area contributed by atoms with Crippen molar-refractivity contribution in [2.45, 2.75) is 25.9 Å². The van der Waals surface area contributed by atoms with Crippen LogP contribution in [0.3, 0.4) is 0 Å². The molecule has 1 saturated heterocycles. The molecule has 0 N–H and O–H groups in total. The summed E-state index contributed by atoms with van der Waals surface area (Å²) in [6.45, 7) is 4.39. The minimum absolute atomic E-state index is 0.221. The van der Waals surface area contributed by atoms with E-state index >= 15 is 0 Å². The first kappa shape index (κ1) is 15.7. The van der Waals surface area contributed by atoms with Crippen molar-refractivity contribution in [3.8, 4) is 5.75 Å². The fourth-order valence-electron chi connectivity index (χ4n) is 3.37. The molecule has 0 amide bonds. The Labute approximate surface area is 135 Å². The van der Waals surface area contributed by atoms with Crippen LogP contribution in [-0.4, -0.2) is 24.0 Å². The average molecular weight is 312 g/mol. The van der Waals surface area contributed by atoms with Gasteiger partial charge in [-0.1, -0.05) is 31.2 Å². The first-order valence-electron chi connectivity index (χ1n) is 7.88. The molecule has 0 radical (unpaired) electrons. The van der Waals surface area contributed by atoms with Crippen LogP contribution in [-0.2, 0) is 14.3 Å². The van der Waals surface area contributed by atoms with Crippen LogP contribution < -0.4 is 4.74 Å². The van der Waals surface area contributed by atoms with E-state index in [-0.39, 0.29) is 11.7 Å². The molecule has 1 aromatic carbocycles. The zero-order valence-corrected chi connectivity index (χ0v) is 13.3. The number of benzene rings is 1. The Morgan fingerprint density at radius 1 is 1.39 bits per heavy atom. The zero-order chi connectivity index (χ0) is 16.4. The molecule has 23 heavy (non-hydrogen) atoms. The van der Waals surface area contributed by atoms with E-state index < -0.39 is 17.5 Å². The number of rotatable bonds is 3. The third-order valence-electron chi connectivity index (χ3n) is 4.47. The summed E-state index contributed by atoms with van der Waals surface area (Å²) in [5.41, 5.74) is 0.373. The van der Waals surface area contributed by atoms with Gasteiger partial charge in [0, 0.05) is 5.92 Å². The molecule has 1 fully saturated rings. The fourth-order valence-corrected chi connectivity index (χ4v) is 3.37.